The van der Waals surface area contributed by atoms with Gasteiger partial charge in [0.05, 0.1) is 5.56 Å². The van der Waals surface area contributed by atoms with Crippen LogP contribution < -0.4 is 4.72 Å². The van der Waals surface area contributed by atoms with Gasteiger partial charge >= 0.3 is 5.97 Å². The molecule has 2 aromatic rings. The summed E-state index contributed by atoms with van der Waals surface area (Å²) in [6.45, 7) is 0. The summed E-state index contributed by atoms with van der Waals surface area (Å²) in [7, 11) is -4.02. The second-order valence-electron chi connectivity index (χ2n) is 3.92. The molecule has 0 amide bonds. The minimum absolute atomic E-state index is 0.0457. The van der Waals surface area contributed by atoms with Crippen LogP contribution >= 0.6 is 15.9 Å². The summed E-state index contributed by atoms with van der Waals surface area (Å²) in [5, 5.41) is 8.85. The zero-order chi connectivity index (χ0) is 15.6. The highest BCUT2D eigenvalue weighted by Crippen LogP contribution is 2.24. The summed E-state index contributed by atoms with van der Waals surface area (Å²) in [5.41, 5.74) is -0.110. The molecule has 0 saturated carbocycles. The number of carboxylic acid groups (broad SMARTS) is 1. The van der Waals surface area contributed by atoms with Crippen LogP contribution in [0.5, 0.6) is 0 Å². The van der Waals surface area contributed by atoms with Crippen molar-refractivity contribution in [2.24, 2.45) is 0 Å². The van der Waals surface area contributed by atoms with Gasteiger partial charge in [-0.1, -0.05) is 0 Å². The van der Waals surface area contributed by atoms with Crippen molar-refractivity contribution in [1.82, 2.24) is 4.98 Å². The summed E-state index contributed by atoms with van der Waals surface area (Å²) in [6, 6.07) is 5.41. The topological polar surface area (TPSA) is 96.4 Å². The number of nitrogens with one attached hydrogen (secondary N) is 1. The zero-order valence-corrected chi connectivity index (χ0v) is 12.6. The van der Waals surface area contributed by atoms with E-state index in [2.05, 4.69) is 25.6 Å². The fraction of sp³-hybridized carbons (Fsp3) is 0. The molecule has 0 unspecified atom stereocenters. The first-order chi connectivity index (χ1) is 9.79. The number of anilines is 1. The van der Waals surface area contributed by atoms with Gasteiger partial charge in [-0.2, -0.15) is 0 Å². The Morgan fingerprint density at radius 1 is 1.29 bits per heavy atom. The van der Waals surface area contributed by atoms with Gasteiger partial charge in [0, 0.05) is 10.7 Å². The van der Waals surface area contributed by atoms with E-state index in [1.54, 1.807) is 0 Å². The van der Waals surface area contributed by atoms with Crippen LogP contribution in [0.1, 0.15) is 10.4 Å². The maximum Gasteiger partial charge on any atom is 0.335 e. The molecule has 1 aromatic heterocycles. The average molecular weight is 375 g/mol. The van der Waals surface area contributed by atoms with E-state index in [1.807, 2.05) is 0 Å². The summed E-state index contributed by atoms with van der Waals surface area (Å²) in [5.74, 6) is -1.95. The van der Waals surface area contributed by atoms with Gasteiger partial charge in [-0.15, -0.1) is 0 Å². The fourth-order valence-electron chi connectivity index (χ4n) is 1.51. The number of aromatic carboxylic acids is 1. The maximum atomic E-state index is 13.0. The van der Waals surface area contributed by atoms with Gasteiger partial charge in [0.1, 0.15) is 16.5 Å². The fourth-order valence-corrected chi connectivity index (χ4v) is 3.56. The Kier molecular flexibility index (Phi) is 4.24. The molecule has 0 aliphatic carbocycles. The number of carboxylic acids is 1. The van der Waals surface area contributed by atoms with E-state index in [0.29, 0.717) is 0 Å². The Balaban J connectivity index is 2.37. The molecule has 0 aliphatic heterocycles. The van der Waals surface area contributed by atoms with E-state index in [9.17, 15) is 17.6 Å². The number of hydrogen-bond donors (Lipinski definition) is 2. The van der Waals surface area contributed by atoms with Gasteiger partial charge in [-0.3, -0.25) is 4.72 Å². The third kappa shape index (κ3) is 3.56. The second-order valence-corrected chi connectivity index (χ2v) is 6.42. The van der Waals surface area contributed by atoms with Crippen molar-refractivity contribution in [2.75, 3.05) is 4.72 Å². The summed E-state index contributed by atoms with van der Waals surface area (Å²) < 4.78 is 39.5. The lowest BCUT2D eigenvalue weighted by molar-refractivity contribution is 0.0697. The Morgan fingerprint density at radius 3 is 2.62 bits per heavy atom. The number of halogens is 2. The van der Waals surface area contributed by atoms with Crippen molar-refractivity contribution in [2.45, 2.75) is 4.90 Å². The molecule has 6 nitrogen and oxygen atoms in total. The molecule has 9 heteroatoms. The lowest BCUT2D eigenvalue weighted by atomic mass is 10.3. The van der Waals surface area contributed by atoms with Gasteiger partial charge in [0.2, 0.25) is 0 Å². The minimum Gasteiger partial charge on any atom is -0.478 e. The molecule has 2 rings (SSSR count). The van der Waals surface area contributed by atoms with Crippen molar-refractivity contribution >= 4 is 37.7 Å². The molecule has 2 N–H and O–H groups in total. The molecule has 0 saturated heterocycles. The van der Waals surface area contributed by atoms with Crippen molar-refractivity contribution < 1.29 is 22.7 Å². The third-order valence-corrected chi connectivity index (χ3v) is 4.76. The molecule has 1 heterocycles. The van der Waals surface area contributed by atoms with Crippen LogP contribution in [0.2, 0.25) is 0 Å². The van der Waals surface area contributed by atoms with Crippen LogP contribution in [-0.2, 0) is 10.0 Å². The number of aromatic nitrogens is 1. The van der Waals surface area contributed by atoms with E-state index < -0.39 is 21.8 Å². The molecule has 0 radical (unpaired) electrons. The third-order valence-electron chi connectivity index (χ3n) is 2.43. The molecule has 0 bridgehead atoms. The normalized spacial score (nSPS) is 11.1. The zero-order valence-electron chi connectivity index (χ0n) is 10.2. The summed E-state index contributed by atoms with van der Waals surface area (Å²) >= 11 is 2.96. The highest BCUT2D eigenvalue weighted by atomic mass is 79.9. The van der Waals surface area contributed by atoms with Gasteiger partial charge < -0.3 is 5.11 Å². The van der Waals surface area contributed by atoms with Crippen LogP contribution in [-0.4, -0.2) is 24.5 Å². The quantitative estimate of drug-likeness (QED) is 0.856. The van der Waals surface area contributed by atoms with Gasteiger partial charge in [-0.05, 0) is 46.3 Å². The molecule has 0 fully saturated rings. The van der Waals surface area contributed by atoms with Crippen LogP contribution in [0, 0.1) is 5.82 Å². The SMILES string of the molecule is O=C(O)c1ccnc(NS(=O)(=O)c2ccc(F)cc2Br)c1. The first-order valence-corrected chi connectivity index (χ1v) is 7.74. The van der Waals surface area contributed by atoms with Crippen LogP contribution in [0.25, 0.3) is 0 Å². The number of carbonyl (C=O) groups is 1. The Morgan fingerprint density at radius 2 is 2.00 bits per heavy atom. The van der Waals surface area contributed by atoms with E-state index in [4.69, 9.17) is 5.11 Å². The minimum atomic E-state index is -4.02. The van der Waals surface area contributed by atoms with E-state index >= 15 is 0 Å². The predicted molar refractivity (Wildman–Crippen MR) is 76.1 cm³/mol. The molecule has 1 aromatic carbocycles. The Labute approximate surface area is 127 Å². The lowest BCUT2D eigenvalue weighted by Gasteiger charge is -2.09. The number of nitrogens with zero attached hydrogens (tertiary/aromatic N) is 1. The maximum absolute atomic E-state index is 13.0. The molecular weight excluding hydrogens is 367 g/mol. The predicted octanol–water partition coefficient (Wildman–Crippen LogP) is 2.48. The smallest absolute Gasteiger partial charge is 0.335 e. The highest BCUT2D eigenvalue weighted by Gasteiger charge is 2.19. The number of sulfonamides is 1. The van der Waals surface area contributed by atoms with Crippen molar-refractivity contribution in [3.8, 4) is 0 Å². The van der Waals surface area contributed by atoms with Gasteiger partial charge in [0.25, 0.3) is 10.0 Å². The number of pyridine rings is 1. The Bertz CT molecular complexity index is 811. The van der Waals surface area contributed by atoms with Crippen LogP contribution in [0.3, 0.4) is 0 Å². The van der Waals surface area contributed by atoms with Gasteiger partial charge in [-0.25, -0.2) is 22.6 Å². The van der Waals surface area contributed by atoms with Crippen LogP contribution in [0.15, 0.2) is 45.9 Å². The number of rotatable bonds is 4. The lowest BCUT2D eigenvalue weighted by Crippen LogP contribution is -2.15. The first-order valence-electron chi connectivity index (χ1n) is 5.47. The van der Waals surface area contributed by atoms with Crippen molar-refractivity contribution in [1.29, 1.82) is 0 Å². The molecule has 21 heavy (non-hydrogen) atoms. The van der Waals surface area contributed by atoms with Gasteiger partial charge in [0.15, 0.2) is 0 Å². The Hall–Kier alpha value is -2.00. The van der Waals surface area contributed by atoms with Crippen molar-refractivity contribution in [3.63, 3.8) is 0 Å². The van der Waals surface area contributed by atoms with E-state index in [-0.39, 0.29) is 20.7 Å². The van der Waals surface area contributed by atoms with E-state index in [0.717, 1.165) is 24.3 Å². The molecule has 0 spiro atoms. The van der Waals surface area contributed by atoms with Crippen molar-refractivity contribution in [3.05, 3.63) is 52.4 Å². The highest BCUT2D eigenvalue weighted by molar-refractivity contribution is 9.10. The average Bonchev–Trinajstić information content (AvgIpc) is 2.37. The largest absolute Gasteiger partial charge is 0.478 e. The molecule has 0 aliphatic rings. The molecular formula is C12H8BrFN2O4S. The summed E-state index contributed by atoms with van der Waals surface area (Å²) in [4.78, 5) is 14.4. The summed E-state index contributed by atoms with van der Waals surface area (Å²) in [6.07, 6.45) is 1.17. The monoisotopic (exact) mass is 374 g/mol. The first kappa shape index (κ1) is 15.4. The molecule has 110 valence electrons. The second kappa shape index (κ2) is 5.78. The van der Waals surface area contributed by atoms with E-state index in [1.165, 1.54) is 12.3 Å². The molecule has 0 atom stereocenters. The van der Waals surface area contributed by atoms with Crippen LogP contribution in [0.4, 0.5) is 10.2 Å². The standard InChI is InChI=1S/C12H8BrFN2O4S/c13-9-6-8(14)1-2-10(9)21(19,20)16-11-5-7(12(17)18)3-4-15-11/h1-6H,(H,15,16)(H,17,18). The number of hydrogen-bond acceptors (Lipinski definition) is 4. The number of benzene rings is 1.